The largest absolute Gasteiger partial charge is 0.496 e. The highest BCUT2D eigenvalue weighted by Gasteiger charge is 2.36. The maximum absolute atomic E-state index is 14.7. The molecule has 1 atom stereocenters. The lowest BCUT2D eigenvalue weighted by Gasteiger charge is -2.30. The van der Waals surface area contributed by atoms with E-state index in [9.17, 15) is 9.59 Å². The highest BCUT2D eigenvalue weighted by atomic mass is 79.9. The lowest BCUT2D eigenvalue weighted by molar-refractivity contribution is -0.127. The van der Waals surface area contributed by atoms with Crippen LogP contribution < -0.4 is 19.6 Å². The number of aromatic nitrogens is 2. The molecule has 242 valence electrons. The van der Waals surface area contributed by atoms with Crippen molar-refractivity contribution in [1.82, 2.24) is 14.0 Å². The molecule has 0 unspecified atom stereocenters. The lowest BCUT2D eigenvalue weighted by Crippen LogP contribution is -2.43. The van der Waals surface area contributed by atoms with Gasteiger partial charge in [-0.05, 0) is 67.4 Å². The van der Waals surface area contributed by atoms with Crippen LogP contribution in [-0.4, -0.2) is 40.1 Å². The van der Waals surface area contributed by atoms with E-state index in [1.54, 1.807) is 16.6 Å². The summed E-state index contributed by atoms with van der Waals surface area (Å²) in [4.78, 5) is 36.2. The first-order chi connectivity index (χ1) is 23.3. The number of carbonyl (C=O) groups is 1. The summed E-state index contributed by atoms with van der Waals surface area (Å²) in [6.07, 6.45) is 4.07. The van der Waals surface area contributed by atoms with E-state index < -0.39 is 6.04 Å². The number of ether oxygens (including phenoxy) is 1. The second kappa shape index (κ2) is 13.1. The second-order valence-corrected chi connectivity index (χ2v) is 13.7. The molecule has 0 bridgehead atoms. The third-order valence-corrected chi connectivity index (χ3v) is 10.6. The Bertz CT molecular complexity index is 2420. The summed E-state index contributed by atoms with van der Waals surface area (Å²) in [6.45, 7) is 7.58. The predicted octanol–water partition coefficient (Wildman–Crippen LogP) is 7.03. The van der Waals surface area contributed by atoms with Gasteiger partial charge in [0.05, 0.1) is 22.9 Å². The first-order valence-corrected chi connectivity index (χ1v) is 17.6. The van der Waals surface area contributed by atoms with Crippen LogP contribution in [0.15, 0.2) is 117 Å². The number of hydrogen-bond donors (Lipinski definition) is 0. The number of rotatable bonds is 8. The monoisotopic (exact) mass is 718 g/mol. The van der Waals surface area contributed by atoms with E-state index in [0.717, 1.165) is 37.3 Å². The maximum Gasteiger partial charge on any atom is 0.271 e. The van der Waals surface area contributed by atoms with Crippen LogP contribution in [-0.2, 0) is 11.3 Å². The average Bonchev–Trinajstić information content (AvgIpc) is 3.60. The van der Waals surface area contributed by atoms with Gasteiger partial charge in [0.2, 0.25) is 0 Å². The van der Waals surface area contributed by atoms with Crippen LogP contribution in [0.1, 0.15) is 43.5 Å². The molecule has 3 heterocycles. The van der Waals surface area contributed by atoms with Crippen molar-refractivity contribution in [2.75, 3.05) is 20.2 Å². The van der Waals surface area contributed by atoms with Crippen LogP contribution in [0.5, 0.6) is 5.75 Å². The van der Waals surface area contributed by atoms with Gasteiger partial charge in [0.25, 0.3) is 11.5 Å². The van der Waals surface area contributed by atoms with E-state index >= 15 is 0 Å². The Balaban J connectivity index is 1.46. The van der Waals surface area contributed by atoms with E-state index in [-0.39, 0.29) is 11.5 Å². The van der Waals surface area contributed by atoms with Crippen LogP contribution >= 0.6 is 27.3 Å². The molecule has 2 aromatic heterocycles. The number of methoxy groups -OCH3 is 1. The zero-order valence-electron chi connectivity index (χ0n) is 27.2. The van der Waals surface area contributed by atoms with Gasteiger partial charge in [0.1, 0.15) is 11.8 Å². The minimum Gasteiger partial charge on any atom is -0.496 e. The van der Waals surface area contributed by atoms with Gasteiger partial charge in [-0.3, -0.25) is 14.2 Å². The number of carbonyl (C=O) groups excluding carboxylic acids is 1. The number of nitrogens with zero attached hydrogens (tertiary/aromatic N) is 4. The Labute approximate surface area is 290 Å². The number of para-hydroxylation sites is 1. The Morgan fingerprint density at radius 2 is 1.69 bits per heavy atom. The van der Waals surface area contributed by atoms with E-state index in [2.05, 4.69) is 51.0 Å². The quantitative estimate of drug-likeness (QED) is 0.170. The van der Waals surface area contributed by atoms with Gasteiger partial charge in [-0.1, -0.05) is 87.9 Å². The molecule has 0 aliphatic carbocycles. The van der Waals surface area contributed by atoms with Crippen molar-refractivity contribution in [2.45, 2.75) is 33.4 Å². The molecule has 0 N–H and O–H groups in total. The minimum atomic E-state index is -0.726. The van der Waals surface area contributed by atoms with Gasteiger partial charge in [-0.25, -0.2) is 4.99 Å². The fourth-order valence-electron chi connectivity index (χ4n) is 6.73. The van der Waals surface area contributed by atoms with Crippen molar-refractivity contribution in [3.8, 4) is 5.75 Å². The number of likely N-dealkylation sites (N-methyl/N-ethyl adjacent to an activating group) is 1. The van der Waals surface area contributed by atoms with Gasteiger partial charge in [-0.2, -0.15) is 0 Å². The number of halogens is 1. The summed E-state index contributed by atoms with van der Waals surface area (Å²) in [7, 11) is 1.63. The van der Waals surface area contributed by atoms with E-state index in [1.165, 1.54) is 16.9 Å². The van der Waals surface area contributed by atoms with Crippen molar-refractivity contribution in [2.24, 2.45) is 4.99 Å². The lowest BCUT2D eigenvalue weighted by atomic mass is 9.90. The second-order valence-electron chi connectivity index (χ2n) is 11.8. The summed E-state index contributed by atoms with van der Waals surface area (Å²) < 4.78 is 11.5. The summed E-state index contributed by atoms with van der Waals surface area (Å²) in [5, 5.41) is 2.98. The van der Waals surface area contributed by atoms with E-state index in [4.69, 9.17) is 9.73 Å². The van der Waals surface area contributed by atoms with Gasteiger partial charge >= 0.3 is 0 Å². The third kappa shape index (κ3) is 5.50. The Kier molecular flexibility index (Phi) is 8.66. The van der Waals surface area contributed by atoms with Gasteiger partial charge in [-0.15, -0.1) is 0 Å². The molecule has 0 fully saturated rings. The normalized spacial score (nSPS) is 14.8. The summed E-state index contributed by atoms with van der Waals surface area (Å²) in [5.74, 6) is 0.482. The fourth-order valence-corrected chi connectivity index (χ4v) is 8.04. The molecule has 6 aromatic rings. The van der Waals surface area contributed by atoms with E-state index in [0.29, 0.717) is 46.0 Å². The number of fused-ring (bicyclic) bond motifs is 3. The molecule has 1 aliphatic heterocycles. The molecule has 7 nitrogen and oxygen atoms in total. The van der Waals surface area contributed by atoms with Crippen molar-refractivity contribution in [3.63, 3.8) is 0 Å². The van der Waals surface area contributed by atoms with Crippen LogP contribution in [0.2, 0.25) is 0 Å². The molecule has 1 aliphatic rings. The Morgan fingerprint density at radius 1 is 0.979 bits per heavy atom. The number of hydrogen-bond acceptors (Lipinski definition) is 5. The molecule has 1 amide bonds. The summed E-state index contributed by atoms with van der Waals surface area (Å²) in [6, 6.07) is 27.8. The third-order valence-electron chi connectivity index (χ3n) is 9.10. The molecular formula is C39H35BrN4O3S. The smallest absolute Gasteiger partial charge is 0.271 e. The van der Waals surface area contributed by atoms with Crippen LogP contribution in [0.3, 0.4) is 0 Å². The van der Waals surface area contributed by atoms with Crippen molar-refractivity contribution in [1.29, 1.82) is 0 Å². The SMILES string of the molecule is CCN(CC)C(=O)C1=C(C)N=c2s/c(=C/c3cn(Cc4ccc(Br)cc4)c4ccccc34)c(=O)n2[C@@H]1c1c(OC)ccc2ccccc12. The molecule has 7 rings (SSSR count). The number of amides is 1. The van der Waals surface area contributed by atoms with E-state index in [1.807, 2.05) is 87.5 Å². The maximum atomic E-state index is 14.7. The highest BCUT2D eigenvalue weighted by Crippen LogP contribution is 2.40. The Morgan fingerprint density at radius 3 is 2.42 bits per heavy atom. The van der Waals surface area contributed by atoms with Crippen molar-refractivity contribution < 1.29 is 9.53 Å². The molecule has 4 aromatic carbocycles. The molecule has 48 heavy (non-hydrogen) atoms. The molecule has 0 saturated carbocycles. The molecule has 9 heteroatoms. The van der Waals surface area contributed by atoms with Crippen molar-refractivity contribution in [3.05, 3.63) is 143 Å². The number of allylic oxidation sites excluding steroid dienone is 1. The molecule has 0 radical (unpaired) electrons. The zero-order valence-corrected chi connectivity index (χ0v) is 29.6. The fraction of sp³-hybridized carbons (Fsp3) is 0.205. The van der Waals surface area contributed by atoms with Crippen LogP contribution in [0.4, 0.5) is 0 Å². The molecular weight excluding hydrogens is 684 g/mol. The molecule has 0 saturated heterocycles. The highest BCUT2D eigenvalue weighted by molar-refractivity contribution is 9.10. The first kappa shape index (κ1) is 31.8. The van der Waals surface area contributed by atoms with Crippen LogP contribution in [0.25, 0.3) is 27.8 Å². The number of benzene rings is 4. The van der Waals surface area contributed by atoms with Crippen molar-refractivity contribution >= 4 is 60.9 Å². The standard InChI is InChI=1S/C39H35BrN4O3S/c1-5-42(6-2)38(46)34-24(3)41-39-44(36(34)35-30-13-8-7-11-26(30)17-20-32(35)47-4)37(45)33(48-39)21-27-23-43(31-14-10-9-12-29(27)31)22-25-15-18-28(40)19-16-25/h7-21,23,36H,5-6,22H2,1-4H3/b33-21+/t36-/m0/s1. The first-order valence-electron chi connectivity index (χ1n) is 16.0. The summed E-state index contributed by atoms with van der Waals surface area (Å²) in [5.41, 5.74) is 4.88. The van der Waals surface area contributed by atoms with Gasteiger partial charge in [0.15, 0.2) is 4.80 Å². The predicted molar refractivity (Wildman–Crippen MR) is 197 cm³/mol. The van der Waals surface area contributed by atoms with Gasteiger partial charge in [0, 0.05) is 52.3 Å². The van der Waals surface area contributed by atoms with Crippen LogP contribution in [0, 0.1) is 0 Å². The summed E-state index contributed by atoms with van der Waals surface area (Å²) >= 11 is 4.88. The minimum absolute atomic E-state index is 0.133. The Hall–Kier alpha value is -4.73. The average molecular weight is 720 g/mol. The topological polar surface area (TPSA) is 68.8 Å². The van der Waals surface area contributed by atoms with Gasteiger partial charge < -0.3 is 14.2 Å². The molecule has 0 spiro atoms. The zero-order chi connectivity index (χ0) is 33.5. The number of thiazole rings is 1.